The molecule has 1 saturated carbocycles. The second-order valence-corrected chi connectivity index (χ2v) is 5.91. The minimum absolute atomic E-state index is 0.917. The summed E-state index contributed by atoms with van der Waals surface area (Å²) in [6.45, 7) is 2.26. The normalized spacial score (nSPS) is 23.6. The van der Waals surface area contributed by atoms with Gasteiger partial charge in [0.25, 0.3) is 0 Å². The van der Waals surface area contributed by atoms with Gasteiger partial charge in [-0.2, -0.15) is 0 Å². The third-order valence-electron chi connectivity index (χ3n) is 4.37. The van der Waals surface area contributed by atoms with Gasteiger partial charge in [0.15, 0.2) is 0 Å². The molecule has 0 heterocycles. The van der Waals surface area contributed by atoms with Gasteiger partial charge in [-0.15, -0.1) is 0 Å². The van der Waals surface area contributed by atoms with E-state index in [4.69, 9.17) is 0 Å². The summed E-state index contributed by atoms with van der Waals surface area (Å²) >= 11 is 0. The van der Waals surface area contributed by atoms with Gasteiger partial charge >= 0.3 is 0 Å². The van der Waals surface area contributed by atoms with Crippen molar-refractivity contribution in [3.05, 3.63) is 0 Å². The van der Waals surface area contributed by atoms with Gasteiger partial charge in [-0.25, -0.2) is 0 Å². The molecule has 1 rings (SSSR count). The SMILES string of the molecule is C[B]C1CCCCCCCCCCCCCC1. The van der Waals surface area contributed by atoms with E-state index in [0.29, 0.717) is 0 Å². The van der Waals surface area contributed by atoms with Crippen molar-refractivity contribution in [1.29, 1.82) is 0 Å². The first-order valence-corrected chi connectivity index (χ1v) is 8.23. The second-order valence-electron chi connectivity index (χ2n) is 5.91. The molecular formula is C16H32B. The lowest BCUT2D eigenvalue weighted by molar-refractivity contribution is 0.545. The Kier molecular flexibility index (Phi) is 9.94. The standard InChI is InChI=1S/C16H32B/c1-17-16-14-12-10-8-6-4-2-3-5-7-9-11-13-15-16/h16H,2-15H2,1H3. The Balaban J connectivity index is 2.16. The third kappa shape index (κ3) is 8.74. The summed E-state index contributed by atoms with van der Waals surface area (Å²) in [5.74, 6) is 0.917. The van der Waals surface area contributed by atoms with E-state index in [1.54, 1.807) is 0 Å². The maximum Gasteiger partial charge on any atom is 0.110 e. The van der Waals surface area contributed by atoms with Gasteiger partial charge in [0.05, 0.1) is 0 Å². The first-order chi connectivity index (χ1) is 8.43. The fourth-order valence-corrected chi connectivity index (χ4v) is 3.06. The predicted octanol–water partition coefficient (Wildman–Crippen LogP) is 6.00. The van der Waals surface area contributed by atoms with Gasteiger partial charge in [-0.1, -0.05) is 103 Å². The molecule has 1 aliphatic rings. The van der Waals surface area contributed by atoms with Crippen molar-refractivity contribution in [2.24, 2.45) is 0 Å². The molecule has 0 N–H and O–H groups in total. The van der Waals surface area contributed by atoms with Crippen LogP contribution in [-0.4, -0.2) is 7.28 Å². The van der Waals surface area contributed by atoms with Crippen LogP contribution in [0.4, 0.5) is 0 Å². The molecule has 0 unspecified atom stereocenters. The summed E-state index contributed by atoms with van der Waals surface area (Å²) in [5, 5.41) is 0. The van der Waals surface area contributed by atoms with E-state index in [1.807, 2.05) is 0 Å². The topological polar surface area (TPSA) is 0 Å². The van der Waals surface area contributed by atoms with Crippen molar-refractivity contribution in [2.75, 3.05) is 0 Å². The molecule has 0 bridgehead atoms. The molecule has 99 valence electrons. The van der Waals surface area contributed by atoms with Gasteiger partial charge < -0.3 is 0 Å². The molecule has 0 amide bonds. The van der Waals surface area contributed by atoms with Crippen LogP contribution in [0.5, 0.6) is 0 Å². The Labute approximate surface area is 110 Å². The highest BCUT2D eigenvalue weighted by atomic mass is 14.1. The van der Waals surface area contributed by atoms with E-state index in [0.717, 1.165) is 5.82 Å². The van der Waals surface area contributed by atoms with Crippen molar-refractivity contribution < 1.29 is 0 Å². The van der Waals surface area contributed by atoms with E-state index >= 15 is 0 Å². The second kappa shape index (κ2) is 11.2. The number of rotatable bonds is 1. The van der Waals surface area contributed by atoms with Crippen molar-refractivity contribution >= 4 is 7.28 Å². The minimum Gasteiger partial charge on any atom is -0.0917 e. The molecule has 0 spiro atoms. The first-order valence-electron chi connectivity index (χ1n) is 8.23. The van der Waals surface area contributed by atoms with Gasteiger partial charge in [0, 0.05) is 0 Å². The highest BCUT2D eigenvalue weighted by Crippen LogP contribution is 2.23. The van der Waals surface area contributed by atoms with E-state index < -0.39 is 0 Å². The summed E-state index contributed by atoms with van der Waals surface area (Å²) in [7, 11) is 2.46. The van der Waals surface area contributed by atoms with Crippen LogP contribution in [0.1, 0.15) is 89.9 Å². The number of hydrogen-bond donors (Lipinski definition) is 0. The fraction of sp³-hybridized carbons (Fsp3) is 1.00. The van der Waals surface area contributed by atoms with Crippen LogP contribution in [-0.2, 0) is 0 Å². The molecule has 0 atom stereocenters. The summed E-state index contributed by atoms with van der Waals surface area (Å²) < 4.78 is 0. The fourth-order valence-electron chi connectivity index (χ4n) is 3.06. The highest BCUT2D eigenvalue weighted by molar-refractivity contribution is 6.35. The van der Waals surface area contributed by atoms with Crippen LogP contribution >= 0.6 is 0 Å². The molecule has 0 aromatic heterocycles. The van der Waals surface area contributed by atoms with Gasteiger partial charge in [-0.05, 0) is 0 Å². The van der Waals surface area contributed by atoms with Crippen LogP contribution < -0.4 is 0 Å². The average molecular weight is 235 g/mol. The number of hydrogen-bond acceptors (Lipinski definition) is 0. The molecule has 0 nitrogen and oxygen atoms in total. The molecule has 1 heteroatoms. The molecule has 1 aliphatic carbocycles. The average Bonchev–Trinajstić information content (AvgIpc) is 2.36. The molecule has 17 heavy (non-hydrogen) atoms. The molecule has 0 saturated heterocycles. The zero-order valence-corrected chi connectivity index (χ0v) is 12.1. The van der Waals surface area contributed by atoms with Crippen LogP contribution in [0.15, 0.2) is 0 Å². The molecule has 1 radical (unpaired) electrons. The Hall–Kier alpha value is 0.0649. The Morgan fingerprint density at radius 2 is 0.824 bits per heavy atom. The molecular weight excluding hydrogens is 203 g/mol. The largest absolute Gasteiger partial charge is 0.110 e. The molecule has 0 aromatic rings. The molecule has 0 aliphatic heterocycles. The summed E-state index contributed by atoms with van der Waals surface area (Å²) in [6.07, 6.45) is 20.7. The van der Waals surface area contributed by atoms with Crippen molar-refractivity contribution in [2.45, 2.75) is 103 Å². The van der Waals surface area contributed by atoms with Crippen molar-refractivity contribution in [3.8, 4) is 0 Å². The lowest BCUT2D eigenvalue weighted by Gasteiger charge is -2.13. The monoisotopic (exact) mass is 235 g/mol. The van der Waals surface area contributed by atoms with Crippen LogP contribution in [0.25, 0.3) is 0 Å². The first kappa shape index (κ1) is 15.1. The molecule has 1 fully saturated rings. The maximum atomic E-state index is 2.46. The summed E-state index contributed by atoms with van der Waals surface area (Å²) in [4.78, 5) is 0. The van der Waals surface area contributed by atoms with Gasteiger partial charge in [-0.3, -0.25) is 0 Å². The zero-order valence-electron chi connectivity index (χ0n) is 12.1. The van der Waals surface area contributed by atoms with Crippen molar-refractivity contribution in [3.63, 3.8) is 0 Å². The Morgan fingerprint density at radius 3 is 1.12 bits per heavy atom. The smallest absolute Gasteiger partial charge is 0.0917 e. The van der Waals surface area contributed by atoms with E-state index in [-0.39, 0.29) is 0 Å². The summed E-state index contributed by atoms with van der Waals surface area (Å²) in [6, 6.07) is 0. The highest BCUT2D eigenvalue weighted by Gasteiger charge is 2.06. The van der Waals surface area contributed by atoms with E-state index in [2.05, 4.69) is 14.1 Å². The zero-order chi connectivity index (χ0) is 12.2. The van der Waals surface area contributed by atoms with Crippen LogP contribution in [0.2, 0.25) is 12.6 Å². The maximum absolute atomic E-state index is 2.46. The summed E-state index contributed by atoms with van der Waals surface area (Å²) in [5.41, 5.74) is 0. The van der Waals surface area contributed by atoms with E-state index in [9.17, 15) is 0 Å². The minimum atomic E-state index is 0.917. The van der Waals surface area contributed by atoms with Gasteiger partial charge in [0.2, 0.25) is 0 Å². The predicted molar refractivity (Wildman–Crippen MR) is 80.0 cm³/mol. The van der Waals surface area contributed by atoms with Crippen LogP contribution in [0, 0.1) is 0 Å². The third-order valence-corrected chi connectivity index (χ3v) is 4.37. The van der Waals surface area contributed by atoms with Crippen molar-refractivity contribution in [1.82, 2.24) is 0 Å². The molecule has 0 aromatic carbocycles. The van der Waals surface area contributed by atoms with E-state index in [1.165, 1.54) is 89.9 Å². The Bertz CT molecular complexity index is 140. The quantitative estimate of drug-likeness (QED) is 0.489. The lowest BCUT2D eigenvalue weighted by atomic mass is 9.63. The Morgan fingerprint density at radius 1 is 0.529 bits per heavy atom. The lowest BCUT2D eigenvalue weighted by Crippen LogP contribution is -2.00. The van der Waals surface area contributed by atoms with Gasteiger partial charge in [0.1, 0.15) is 7.28 Å². The van der Waals surface area contributed by atoms with Crippen LogP contribution in [0.3, 0.4) is 0 Å².